The molecule has 3 nitrogen and oxygen atoms in total. The predicted molar refractivity (Wildman–Crippen MR) is 61.6 cm³/mol. The molecule has 18 heavy (non-hydrogen) atoms. The number of halogens is 4. The summed E-state index contributed by atoms with van der Waals surface area (Å²) in [5.74, 6) is 0. The Labute approximate surface area is 107 Å². The molecule has 0 aliphatic rings. The van der Waals surface area contributed by atoms with E-state index in [4.69, 9.17) is 11.6 Å². The van der Waals surface area contributed by atoms with Crippen LogP contribution in [0.3, 0.4) is 0 Å². The minimum Gasteiger partial charge on any atom is -0.207 e. The van der Waals surface area contributed by atoms with Gasteiger partial charge in [-0.2, -0.15) is 13.2 Å². The van der Waals surface area contributed by atoms with Crippen molar-refractivity contribution in [3.8, 4) is 0 Å². The summed E-state index contributed by atoms with van der Waals surface area (Å²) >= 11 is 5.39. The van der Waals surface area contributed by atoms with Crippen molar-refractivity contribution in [1.29, 1.82) is 0 Å². The van der Waals surface area contributed by atoms with Crippen LogP contribution >= 0.6 is 11.6 Å². The molecule has 0 fully saturated rings. The van der Waals surface area contributed by atoms with Crippen LogP contribution in [0.25, 0.3) is 0 Å². The van der Waals surface area contributed by atoms with Gasteiger partial charge in [-0.25, -0.2) is 13.1 Å². The Morgan fingerprint density at radius 2 is 1.78 bits per heavy atom. The van der Waals surface area contributed by atoms with E-state index in [1.165, 1.54) is 0 Å². The summed E-state index contributed by atoms with van der Waals surface area (Å²) in [6.07, 6.45) is -4.50. The molecule has 1 aromatic rings. The van der Waals surface area contributed by atoms with Gasteiger partial charge in [-0.05, 0) is 24.3 Å². The molecular weight excluding hydrogens is 291 g/mol. The Morgan fingerprint density at radius 1 is 1.28 bits per heavy atom. The van der Waals surface area contributed by atoms with Gasteiger partial charge in [0.15, 0.2) is 0 Å². The van der Waals surface area contributed by atoms with E-state index in [2.05, 4.69) is 11.3 Å². The molecule has 0 unspecified atom stereocenters. The highest BCUT2D eigenvalue weighted by Gasteiger charge is 2.30. The molecule has 0 aromatic heterocycles. The van der Waals surface area contributed by atoms with Crippen LogP contribution in [0, 0.1) is 0 Å². The number of benzene rings is 1. The Kier molecular flexibility index (Phi) is 4.41. The molecule has 0 atom stereocenters. The molecule has 100 valence electrons. The Bertz CT molecular complexity index is 537. The summed E-state index contributed by atoms with van der Waals surface area (Å²) in [5.41, 5.74) is -0.914. The first-order valence-electron chi connectivity index (χ1n) is 4.63. The molecule has 0 radical (unpaired) electrons. The molecule has 1 rings (SSSR count). The lowest BCUT2D eigenvalue weighted by Gasteiger charge is -2.08. The second-order valence-electron chi connectivity index (χ2n) is 3.36. The van der Waals surface area contributed by atoms with Crippen molar-refractivity contribution < 1.29 is 21.6 Å². The molecule has 1 aromatic carbocycles. The van der Waals surface area contributed by atoms with Gasteiger partial charge in [0.2, 0.25) is 10.0 Å². The monoisotopic (exact) mass is 299 g/mol. The Morgan fingerprint density at radius 3 is 2.17 bits per heavy atom. The van der Waals surface area contributed by atoms with Crippen molar-refractivity contribution in [2.24, 2.45) is 0 Å². The minimum absolute atomic E-state index is 0.0745. The van der Waals surface area contributed by atoms with E-state index >= 15 is 0 Å². The summed E-state index contributed by atoms with van der Waals surface area (Å²) in [4.78, 5) is -0.270. The third-order valence-electron chi connectivity index (χ3n) is 1.95. The van der Waals surface area contributed by atoms with Crippen molar-refractivity contribution in [3.05, 3.63) is 41.4 Å². The Balaban J connectivity index is 2.95. The molecule has 1 N–H and O–H groups in total. The summed E-state index contributed by atoms with van der Waals surface area (Å²) < 4.78 is 62.1. The maximum absolute atomic E-state index is 12.3. The van der Waals surface area contributed by atoms with Gasteiger partial charge in [-0.3, -0.25) is 0 Å². The van der Waals surface area contributed by atoms with Crippen LogP contribution in [0.15, 0.2) is 40.8 Å². The lowest BCUT2D eigenvalue weighted by molar-refractivity contribution is -0.137. The molecule has 0 aliphatic heterocycles. The molecule has 0 bridgehead atoms. The molecule has 0 saturated heterocycles. The van der Waals surface area contributed by atoms with Crippen molar-refractivity contribution >= 4 is 21.6 Å². The number of hydrogen-bond donors (Lipinski definition) is 1. The van der Waals surface area contributed by atoms with Crippen molar-refractivity contribution in [2.45, 2.75) is 11.1 Å². The van der Waals surface area contributed by atoms with E-state index in [9.17, 15) is 21.6 Å². The second-order valence-corrected chi connectivity index (χ2v) is 5.67. The molecule has 8 heteroatoms. The molecular formula is C10H9ClF3NO2S. The van der Waals surface area contributed by atoms with E-state index in [0.29, 0.717) is 12.1 Å². The van der Waals surface area contributed by atoms with E-state index in [1.807, 2.05) is 0 Å². The zero-order valence-corrected chi connectivity index (χ0v) is 10.5. The lowest BCUT2D eigenvalue weighted by atomic mass is 10.2. The minimum atomic E-state index is -4.50. The van der Waals surface area contributed by atoms with Gasteiger partial charge in [0.1, 0.15) is 0 Å². The third-order valence-corrected chi connectivity index (χ3v) is 3.50. The van der Waals surface area contributed by atoms with Gasteiger partial charge in [0.05, 0.1) is 10.5 Å². The standard InChI is InChI=1S/C10H9ClF3NO2S/c1-7(11)6-15-18(16,17)9-4-2-8(3-5-9)10(12,13)14/h2-5,15H,1,6H2. The molecule has 0 heterocycles. The molecule has 0 amide bonds. The first-order valence-corrected chi connectivity index (χ1v) is 6.49. The first-order chi connectivity index (χ1) is 8.13. The van der Waals surface area contributed by atoms with Crippen LogP contribution in [-0.2, 0) is 16.2 Å². The zero-order chi connectivity index (χ0) is 14.0. The maximum Gasteiger partial charge on any atom is 0.416 e. The number of rotatable bonds is 4. The van der Waals surface area contributed by atoms with E-state index in [-0.39, 0.29) is 16.5 Å². The van der Waals surface area contributed by atoms with Gasteiger partial charge >= 0.3 is 6.18 Å². The summed E-state index contributed by atoms with van der Waals surface area (Å²) in [5, 5.41) is 0.0745. The normalized spacial score (nSPS) is 12.4. The molecule has 0 aliphatic carbocycles. The fourth-order valence-electron chi connectivity index (χ4n) is 1.08. The fourth-order valence-corrected chi connectivity index (χ4v) is 2.25. The maximum atomic E-state index is 12.3. The summed E-state index contributed by atoms with van der Waals surface area (Å²) in [6, 6.07) is 3.15. The number of sulfonamides is 1. The van der Waals surface area contributed by atoms with Crippen LogP contribution in [0.2, 0.25) is 0 Å². The fraction of sp³-hybridized carbons (Fsp3) is 0.200. The van der Waals surface area contributed by atoms with Crippen LogP contribution in [0.5, 0.6) is 0 Å². The van der Waals surface area contributed by atoms with Crippen LogP contribution in [0.4, 0.5) is 13.2 Å². The van der Waals surface area contributed by atoms with E-state index in [0.717, 1.165) is 12.1 Å². The summed E-state index contributed by atoms with van der Waals surface area (Å²) in [7, 11) is -3.88. The smallest absolute Gasteiger partial charge is 0.207 e. The van der Waals surface area contributed by atoms with Crippen molar-refractivity contribution in [2.75, 3.05) is 6.54 Å². The van der Waals surface area contributed by atoms with Gasteiger partial charge in [0, 0.05) is 11.6 Å². The first kappa shape index (κ1) is 15.0. The van der Waals surface area contributed by atoms with E-state index < -0.39 is 21.8 Å². The van der Waals surface area contributed by atoms with Crippen LogP contribution < -0.4 is 4.72 Å². The number of hydrogen-bond acceptors (Lipinski definition) is 2. The predicted octanol–water partition coefficient (Wildman–Crippen LogP) is 2.74. The quantitative estimate of drug-likeness (QED) is 0.929. The highest BCUT2D eigenvalue weighted by Crippen LogP contribution is 2.29. The average Bonchev–Trinajstić information content (AvgIpc) is 2.26. The summed E-state index contributed by atoms with van der Waals surface area (Å²) in [6.45, 7) is 3.10. The topological polar surface area (TPSA) is 46.2 Å². The highest BCUT2D eigenvalue weighted by atomic mass is 35.5. The van der Waals surface area contributed by atoms with Crippen molar-refractivity contribution in [3.63, 3.8) is 0 Å². The van der Waals surface area contributed by atoms with Gasteiger partial charge in [0.25, 0.3) is 0 Å². The van der Waals surface area contributed by atoms with Crippen LogP contribution in [0.1, 0.15) is 5.56 Å². The third kappa shape index (κ3) is 4.01. The largest absolute Gasteiger partial charge is 0.416 e. The second kappa shape index (κ2) is 5.29. The number of alkyl halides is 3. The van der Waals surface area contributed by atoms with E-state index in [1.54, 1.807) is 0 Å². The highest BCUT2D eigenvalue weighted by molar-refractivity contribution is 7.89. The number of nitrogens with one attached hydrogen (secondary N) is 1. The lowest BCUT2D eigenvalue weighted by Crippen LogP contribution is -2.24. The van der Waals surface area contributed by atoms with Gasteiger partial charge in [-0.1, -0.05) is 18.2 Å². The molecule has 0 spiro atoms. The van der Waals surface area contributed by atoms with Crippen molar-refractivity contribution in [1.82, 2.24) is 4.72 Å². The SMILES string of the molecule is C=C(Cl)CNS(=O)(=O)c1ccc(C(F)(F)F)cc1. The van der Waals surface area contributed by atoms with Gasteiger partial charge in [-0.15, -0.1) is 0 Å². The average molecular weight is 300 g/mol. The zero-order valence-electron chi connectivity index (χ0n) is 8.96. The Hall–Kier alpha value is -1.05. The molecule has 0 saturated carbocycles. The van der Waals surface area contributed by atoms with Crippen LogP contribution in [-0.4, -0.2) is 15.0 Å². The van der Waals surface area contributed by atoms with Gasteiger partial charge < -0.3 is 0 Å².